The van der Waals surface area contributed by atoms with Crippen LogP contribution in [0.1, 0.15) is 149 Å². The second kappa shape index (κ2) is 32.5. The Morgan fingerprint density at radius 3 is 1.79 bits per heavy atom. The zero-order valence-corrected chi connectivity index (χ0v) is 34.1. The van der Waals surface area contributed by atoms with Gasteiger partial charge in [0.25, 0.3) is 0 Å². The lowest BCUT2D eigenvalue weighted by atomic mass is 10.0. The number of ether oxygens (including phenoxy) is 2. The highest BCUT2D eigenvalue weighted by molar-refractivity contribution is 7.47. The molecule has 0 rings (SSSR count). The summed E-state index contributed by atoms with van der Waals surface area (Å²) in [5.41, 5.74) is 0. The van der Waals surface area contributed by atoms with Crippen LogP contribution in [-0.2, 0) is 46.6 Å². The van der Waals surface area contributed by atoms with Crippen molar-refractivity contribution in [1.29, 1.82) is 0 Å². The molecule has 53 heavy (non-hydrogen) atoms. The standard InChI is InChI=1S/C37H68O14P2/c1-4-5-6-7-9-14-19-24-33(38)25-20-15-12-17-21-26-36(40)47-30-35(31-50-53(45,46)49-29-34(39)28-48-52(42,43)44)51-37(41)27-22-16-11-8-10-13-18-23-32(2)3/h9,14,19,24,32,34-35,39H,4-8,10-13,15-18,20-23,25-31H2,1-3H3,(H,45,46)(H2,42,43,44)/b14-9-,24-19+/t34-,35+/m0/s1. The molecule has 0 saturated heterocycles. The number of phosphoric acid groups is 2. The largest absolute Gasteiger partial charge is 0.472 e. The molecule has 310 valence electrons. The van der Waals surface area contributed by atoms with Crippen LogP contribution in [0.3, 0.4) is 0 Å². The molecule has 16 heteroatoms. The molecular formula is C37H68O14P2. The van der Waals surface area contributed by atoms with Crippen LogP contribution in [0, 0.1) is 5.92 Å². The summed E-state index contributed by atoms with van der Waals surface area (Å²) in [4.78, 5) is 64.4. The van der Waals surface area contributed by atoms with Gasteiger partial charge in [-0.15, -0.1) is 0 Å². The molecule has 0 radical (unpaired) electrons. The fraction of sp³-hybridized carbons (Fsp3) is 0.811. The molecule has 0 fully saturated rings. The van der Waals surface area contributed by atoms with Gasteiger partial charge in [0, 0.05) is 19.3 Å². The van der Waals surface area contributed by atoms with Crippen LogP contribution >= 0.6 is 15.6 Å². The smallest absolute Gasteiger partial charge is 0.462 e. The lowest BCUT2D eigenvalue weighted by Crippen LogP contribution is -2.30. The molecule has 4 N–H and O–H groups in total. The van der Waals surface area contributed by atoms with Crippen molar-refractivity contribution in [1.82, 2.24) is 0 Å². The zero-order chi connectivity index (χ0) is 39.8. The minimum Gasteiger partial charge on any atom is -0.462 e. The normalized spacial score (nSPS) is 14.5. The van der Waals surface area contributed by atoms with Gasteiger partial charge >= 0.3 is 27.6 Å². The summed E-state index contributed by atoms with van der Waals surface area (Å²) >= 11 is 0. The Kier molecular flexibility index (Phi) is 31.4. The van der Waals surface area contributed by atoms with Crippen LogP contribution in [0.5, 0.6) is 0 Å². The number of carbonyl (C=O) groups is 3. The van der Waals surface area contributed by atoms with Gasteiger partial charge in [-0.25, -0.2) is 9.13 Å². The van der Waals surface area contributed by atoms with E-state index < -0.39 is 66.2 Å². The number of allylic oxidation sites excluding steroid dienone is 4. The molecule has 3 atom stereocenters. The Morgan fingerprint density at radius 1 is 0.642 bits per heavy atom. The molecule has 0 heterocycles. The van der Waals surface area contributed by atoms with E-state index in [1.54, 1.807) is 12.2 Å². The van der Waals surface area contributed by atoms with Gasteiger partial charge in [-0.3, -0.25) is 28.0 Å². The van der Waals surface area contributed by atoms with Gasteiger partial charge in [-0.1, -0.05) is 116 Å². The van der Waals surface area contributed by atoms with Crippen molar-refractivity contribution >= 4 is 33.4 Å². The number of unbranched alkanes of at least 4 members (excludes halogenated alkanes) is 13. The van der Waals surface area contributed by atoms with Gasteiger partial charge in [-0.05, 0) is 44.1 Å². The Balaban J connectivity index is 4.64. The maximum absolute atomic E-state index is 12.6. The Hall–Kier alpha value is -1.73. The number of hydrogen-bond acceptors (Lipinski definition) is 11. The third-order valence-electron chi connectivity index (χ3n) is 7.99. The van der Waals surface area contributed by atoms with E-state index in [2.05, 4.69) is 35.9 Å². The molecule has 0 saturated carbocycles. The van der Waals surface area contributed by atoms with Gasteiger partial charge in [-0.2, -0.15) is 0 Å². The van der Waals surface area contributed by atoms with E-state index in [0.717, 1.165) is 64.2 Å². The molecule has 1 unspecified atom stereocenters. The lowest BCUT2D eigenvalue weighted by Gasteiger charge is -2.20. The molecule has 0 aliphatic heterocycles. The topological polar surface area (TPSA) is 212 Å². The summed E-state index contributed by atoms with van der Waals surface area (Å²) < 4.78 is 47.5. The predicted octanol–water partition coefficient (Wildman–Crippen LogP) is 8.20. The number of carbonyl (C=O) groups excluding carboxylic acids is 3. The summed E-state index contributed by atoms with van der Waals surface area (Å²) in [6, 6.07) is 0. The SMILES string of the molecule is CCCCC/C=C\C=C\C(=O)CCCCCCCC(=O)OC[C@H](COP(=O)(O)OC[C@@H](O)COP(=O)(O)O)OC(=O)CCCCCCCCCC(C)C. The van der Waals surface area contributed by atoms with Crippen LogP contribution in [0.25, 0.3) is 0 Å². The number of esters is 2. The van der Waals surface area contributed by atoms with Gasteiger partial charge in [0.2, 0.25) is 0 Å². The number of aliphatic hydroxyl groups is 1. The first-order chi connectivity index (χ1) is 25.1. The average Bonchev–Trinajstić information content (AvgIpc) is 3.09. The third kappa shape index (κ3) is 37.0. The first kappa shape index (κ1) is 51.3. The summed E-state index contributed by atoms with van der Waals surface area (Å²) in [5, 5.41) is 9.70. The first-order valence-corrected chi connectivity index (χ1v) is 22.4. The molecule has 0 bridgehead atoms. The second-order valence-corrected chi connectivity index (χ2v) is 16.4. The van der Waals surface area contributed by atoms with Crippen molar-refractivity contribution in [2.75, 3.05) is 26.4 Å². The summed E-state index contributed by atoms with van der Waals surface area (Å²) in [5.74, 6) is -0.335. The van der Waals surface area contributed by atoms with Crippen molar-refractivity contribution in [2.45, 2.75) is 161 Å². The molecule has 14 nitrogen and oxygen atoms in total. The molecule has 0 spiro atoms. The Morgan fingerprint density at radius 2 is 1.19 bits per heavy atom. The minimum atomic E-state index is -4.87. The van der Waals surface area contributed by atoms with Gasteiger partial charge in [0.05, 0.1) is 19.8 Å². The number of rotatable bonds is 36. The van der Waals surface area contributed by atoms with E-state index in [1.807, 2.05) is 6.08 Å². The molecule has 0 aromatic heterocycles. The van der Waals surface area contributed by atoms with Crippen molar-refractivity contribution in [3.8, 4) is 0 Å². The van der Waals surface area contributed by atoms with Crippen LogP contribution < -0.4 is 0 Å². The van der Waals surface area contributed by atoms with E-state index >= 15 is 0 Å². The van der Waals surface area contributed by atoms with Gasteiger partial charge in [0.15, 0.2) is 11.9 Å². The van der Waals surface area contributed by atoms with Crippen LogP contribution in [0.4, 0.5) is 0 Å². The van der Waals surface area contributed by atoms with Crippen LogP contribution in [-0.4, -0.2) is 76.1 Å². The van der Waals surface area contributed by atoms with Crippen molar-refractivity contribution in [3.63, 3.8) is 0 Å². The maximum atomic E-state index is 12.6. The quantitative estimate of drug-likeness (QED) is 0.0155. The number of phosphoric ester groups is 2. The second-order valence-electron chi connectivity index (χ2n) is 13.7. The fourth-order valence-electron chi connectivity index (χ4n) is 4.98. The lowest BCUT2D eigenvalue weighted by molar-refractivity contribution is -0.161. The predicted molar refractivity (Wildman–Crippen MR) is 203 cm³/mol. The minimum absolute atomic E-state index is 0.0865. The van der Waals surface area contributed by atoms with E-state index in [-0.39, 0.29) is 18.6 Å². The first-order valence-electron chi connectivity index (χ1n) is 19.3. The fourth-order valence-corrected chi connectivity index (χ4v) is 6.14. The summed E-state index contributed by atoms with van der Waals surface area (Å²) in [6.45, 7) is 3.77. The van der Waals surface area contributed by atoms with E-state index in [1.165, 1.54) is 32.1 Å². The molecule has 0 aliphatic rings. The molecule has 0 aromatic carbocycles. The van der Waals surface area contributed by atoms with E-state index in [9.17, 15) is 33.5 Å². The number of hydrogen-bond donors (Lipinski definition) is 4. The highest BCUT2D eigenvalue weighted by atomic mass is 31.2. The van der Waals surface area contributed by atoms with Gasteiger partial charge in [0.1, 0.15) is 12.7 Å². The molecule has 0 aliphatic carbocycles. The highest BCUT2D eigenvalue weighted by Crippen LogP contribution is 2.43. The van der Waals surface area contributed by atoms with Crippen LogP contribution in [0.15, 0.2) is 24.3 Å². The Labute approximate surface area is 317 Å². The molecule has 0 aromatic rings. The van der Waals surface area contributed by atoms with Crippen molar-refractivity contribution in [2.24, 2.45) is 5.92 Å². The number of ketones is 1. The van der Waals surface area contributed by atoms with Crippen LogP contribution in [0.2, 0.25) is 0 Å². The Bertz CT molecular complexity index is 1120. The van der Waals surface area contributed by atoms with Gasteiger partial charge < -0.3 is 29.3 Å². The molecule has 0 amide bonds. The third-order valence-corrected chi connectivity index (χ3v) is 9.42. The summed E-state index contributed by atoms with van der Waals surface area (Å²) in [6.07, 6.45) is 21.8. The zero-order valence-electron chi connectivity index (χ0n) is 32.3. The monoisotopic (exact) mass is 798 g/mol. The van der Waals surface area contributed by atoms with E-state index in [0.29, 0.717) is 25.2 Å². The average molecular weight is 799 g/mol. The summed E-state index contributed by atoms with van der Waals surface area (Å²) in [7, 11) is -9.69. The molecular weight excluding hydrogens is 730 g/mol. The van der Waals surface area contributed by atoms with Crippen molar-refractivity contribution in [3.05, 3.63) is 24.3 Å². The van der Waals surface area contributed by atoms with Crippen molar-refractivity contribution < 1.29 is 66.3 Å². The number of aliphatic hydroxyl groups excluding tert-OH is 1. The maximum Gasteiger partial charge on any atom is 0.472 e. The van der Waals surface area contributed by atoms with E-state index in [4.69, 9.17) is 23.8 Å². The highest BCUT2D eigenvalue weighted by Gasteiger charge is 2.28.